The summed E-state index contributed by atoms with van der Waals surface area (Å²) >= 11 is 0. The van der Waals surface area contributed by atoms with E-state index in [0.29, 0.717) is 60.9 Å². The molecular weight excluding hydrogens is 781 g/mol. The fourth-order valence-electron chi connectivity index (χ4n) is 7.75. The molecule has 3 atom stereocenters. The fourth-order valence-corrected chi connectivity index (χ4v) is 7.75. The van der Waals surface area contributed by atoms with Gasteiger partial charge in [0.25, 0.3) is 11.8 Å². The maximum Gasteiger partial charge on any atom is 0.258 e. The first-order valence-corrected chi connectivity index (χ1v) is 20.4. The second kappa shape index (κ2) is 16.4. The van der Waals surface area contributed by atoms with Crippen LogP contribution in [0.5, 0.6) is 0 Å². The fraction of sp³-hybridized carbons (Fsp3) is 0.333. The van der Waals surface area contributed by atoms with Gasteiger partial charge in [-0.1, -0.05) is 19.1 Å². The summed E-state index contributed by atoms with van der Waals surface area (Å²) in [6, 6.07) is 11.7. The van der Waals surface area contributed by atoms with Crippen LogP contribution in [0.15, 0.2) is 78.4 Å². The van der Waals surface area contributed by atoms with Gasteiger partial charge in [-0.15, -0.1) is 20.4 Å². The average Bonchev–Trinajstić information content (AvgIpc) is 4.08. The molecule has 3 aliphatic carbocycles. The predicted octanol–water partition coefficient (Wildman–Crippen LogP) is 5.49. The molecule has 1 saturated heterocycles. The molecular formula is C42H44N14O5. The molecule has 5 heterocycles. The van der Waals surface area contributed by atoms with Crippen molar-refractivity contribution in [3.63, 3.8) is 0 Å². The highest BCUT2D eigenvalue weighted by molar-refractivity contribution is 5.86. The third-order valence-corrected chi connectivity index (χ3v) is 11.4. The topological polar surface area (TPSA) is 250 Å². The number of fused-ring (bicyclic) bond motifs is 2. The van der Waals surface area contributed by atoms with E-state index in [0.717, 1.165) is 62.9 Å². The van der Waals surface area contributed by atoms with Gasteiger partial charge in [-0.2, -0.15) is 10.2 Å². The number of nitrogens with one attached hydrogen (secondary N) is 8. The van der Waals surface area contributed by atoms with Gasteiger partial charge in [0, 0.05) is 40.5 Å². The van der Waals surface area contributed by atoms with Crippen molar-refractivity contribution in [3.05, 3.63) is 95.8 Å². The Balaban J connectivity index is 0.709. The zero-order chi connectivity index (χ0) is 41.3. The molecule has 3 unspecified atom stereocenters. The first-order valence-electron chi connectivity index (χ1n) is 20.4. The summed E-state index contributed by atoms with van der Waals surface area (Å²) < 4.78 is 17.7. The summed E-state index contributed by atoms with van der Waals surface area (Å²) in [6.45, 7) is 2.32. The molecule has 1 saturated carbocycles. The molecule has 0 bridgehead atoms. The molecule has 4 aliphatic rings. The minimum atomic E-state index is -0.432. The third-order valence-electron chi connectivity index (χ3n) is 11.4. The van der Waals surface area contributed by atoms with Gasteiger partial charge in [-0.05, 0) is 91.8 Å². The summed E-state index contributed by atoms with van der Waals surface area (Å²) in [5, 5.41) is 46.4. The number of amides is 2. The second-order valence-corrected chi connectivity index (χ2v) is 15.7. The molecule has 10 rings (SSSR count). The van der Waals surface area contributed by atoms with Crippen molar-refractivity contribution in [3.8, 4) is 0 Å². The summed E-state index contributed by atoms with van der Waals surface area (Å²) in [5.74, 6) is 3.58. The quantitative estimate of drug-likeness (QED) is 0.0639. The van der Waals surface area contributed by atoms with E-state index < -0.39 is 6.10 Å². The van der Waals surface area contributed by atoms with Gasteiger partial charge in [-0.25, -0.2) is 0 Å². The number of carbonyl (C=O) groups excluding carboxylic acids is 2. The van der Waals surface area contributed by atoms with Crippen LogP contribution in [0, 0.1) is 5.92 Å². The third kappa shape index (κ3) is 8.31. The van der Waals surface area contributed by atoms with Crippen LogP contribution in [-0.4, -0.2) is 94.5 Å². The number of H-pyrrole nitrogens is 4. The van der Waals surface area contributed by atoms with Crippen LogP contribution in [0.3, 0.4) is 0 Å². The van der Waals surface area contributed by atoms with Crippen molar-refractivity contribution in [2.45, 2.75) is 63.6 Å². The van der Waals surface area contributed by atoms with Gasteiger partial charge in [0.1, 0.15) is 11.8 Å². The van der Waals surface area contributed by atoms with E-state index in [1.165, 1.54) is 6.42 Å². The predicted molar refractivity (Wildman–Crippen MR) is 225 cm³/mol. The summed E-state index contributed by atoms with van der Waals surface area (Å²) in [4.78, 5) is 31.7. The molecule has 19 heteroatoms. The van der Waals surface area contributed by atoms with Crippen LogP contribution in [0.2, 0.25) is 0 Å². The largest absolute Gasteiger partial charge is 0.488 e. The second-order valence-electron chi connectivity index (χ2n) is 15.7. The first-order chi connectivity index (χ1) is 29.9. The molecule has 2 fully saturated rings. The molecule has 4 aromatic heterocycles. The molecule has 6 aromatic rings. The Kier molecular flexibility index (Phi) is 10.2. The number of nitrogens with zero attached hydrogens (tertiary/aromatic N) is 6. The first kappa shape index (κ1) is 38.0. The Hall–Kier alpha value is -7.28. The minimum absolute atomic E-state index is 0.0187. The zero-order valence-electron chi connectivity index (χ0n) is 33.2. The molecule has 1 aliphatic heterocycles. The molecule has 0 spiro atoms. The van der Waals surface area contributed by atoms with Gasteiger partial charge in [0.15, 0.2) is 24.9 Å². The van der Waals surface area contributed by atoms with Crippen LogP contribution >= 0.6 is 0 Å². The van der Waals surface area contributed by atoms with Crippen molar-refractivity contribution in [1.82, 2.24) is 61.4 Å². The Morgan fingerprint density at radius 3 is 2.26 bits per heavy atom. The lowest BCUT2D eigenvalue weighted by atomic mass is 9.93. The van der Waals surface area contributed by atoms with Gasteiger partial charge in [0.2, 0.25) is 11.9 Å². The highest BCUT2D eigenvalue weighted by atomic mass is 16.5. The van der Waals surface area contributed by atoms with Crippen LogP contribution in [0.1, 0.15) is 68.9 Å². The number of benzene rings is 2. The number of allylic oxidation sites excluding steroid dienone is 8. The Morgan fingerprint density at radius 2 is 1.54 bits per heavy atom. The van der Waals surface area contributed by atoms with Crippen molar-refractivity contribution in [2.24, 2.45) is 5.92 Å². The zero-order valence-corrected chi connectivity index (χ0v) is 33.2. The van der Waals surface area contributed by atoms with Gasteiger partial charge in [0.05, 0.1) is 41.4 Å². The van der Waals surface area contributed by atoms with E-state index >= 15 is 0 Å². The highest BCUT2D eigenvalue weighted by Gasteiger charge is 2.38. The number of carbonyl (C=O) groups is 2. The number of aromatic amines is 4. The molecule has 312 valence electrons. The monoisotopic (exact) mass is 824 g/mol. The molecule has 2 amide bonds. The molecule has 2 aromatic carbocycles. The normalized spacial score (nSPS) is 20.1. The number of hydrogen-bond donors (Lipinski definition) is 8. The Bertz CT molecular complexity index is 2730. The Morgan fingerprint density at radius 1 is 0.803 bits per heavy atom. The molecule has 61 heavy (non-hydrogen) atoms. The van der Waals surface area contributed by atoms with E-state index in [2.05, 4.69) is 78.9 Å². The molecule has 8 N–H and O–H groups in total. The number of aromatic nitrogens is 10. The van der Waals surface area contributed by atoms with E-state index in [-0.39, 0.29) is 43.0 Å². The van der Waals surface area contributed by atoms with Crippen molar-refractivity contribution >= 4 is 68.0 Å². The lowest BCUT2D eigenvalue weighted by Gasteiger charge is -2.36. The van der Waals surface area contributed by atoms with Gasteiger partial charge < -0.3 is 45.4 Å². The van der Waals surface area contributed by atoms with Crippen molar-refractivity contribution in [1.29, 1.82) is 0 Å². The van der Waals surface area contributed by atoms with Crippen molar-refractivity contribution in [2.75, 3.05) is 30.5 Å². The van der Waals surface area contributed by atoms with E-state index in [1.54, 1.807) is 6.20 Å². The van der Waals surface area contributed by atoms with Crippen LogP contribution in [-0.2, 0) is 23.8 Å². The maximum absolute atomic E-state index is 13.0. The average molecular weight is 825 g/mol. The summed E-state index contributed by atoms with van der Waals surface area (Å²) in [5.41, 5.74) is 6.09. The maximum atomic E-state index is 13.0. The van der Waals surface area contributed by atoms with Crippen molar-refractivity contribution < 1.29 is 23.8 Å². The smallest absolute Gasteiger partial charge is 0.258 e. The van der Waals surface area contributed by atoms with E-state index in [9.17, 15) is 9.59 Å². The van der Waals surface area contributed by atoms with Crippen LogP contribution in [0.25, 0.3) is 33.0 Å². The lowest BCUT2D eigenvalue weighted by molar-refractivity contribution is -0.136. The number of anilines is 4. The molecule has 19 nitrogen and oxygen atoms in total. The van der Waals surface area contributed by atoms with Crippen LogP contribution < -0.4 is 21.3 Å². The number of rotatable bonds is 15. The summed E-state index contributed by atoms with van der Waals surface area (Å²) in [7, 11) is 0. The Labute approximate surface area is 348 Å². The SMILES string of the molecule is CC1CC(c2nnc(Nc3ccc4[nH]nc(C5OCC5NC(=O)COC5=CC=C(c6nnc(Nc7ccc8[nH]ncc8c7)[nH]6)CC5)c4c3)[nH]2)=CC=C1OCC(=O)NC1CCC1. The minimum Gasteiger partial charge on any atom is -0.488 e. The summed E-state index contributed by atoms with van der Waals surface area (Å²) in [6.07, 6.45) is 14.2. The molecule has 0 radical (unpaired) electrons. The number of ether oxygens (including phenoxy) is 3. The van der Waals surface area contributed by atoms with E-state index in [4.69, 9.17) is 14.2 Å². The number of hydrogen-bond acceptors (Lipinski definition) is 13. The van der Waals surface area contributed by atoms with Gasteiger partial charge in [-0.3, -0.25) is 19.8 Å². The lowest BCUT2D eigenvalue weighted by Crippen LogP contribution is -2.51. The highest BCUT2D eigenvalue weighted by Crippen LogP contribution is 2.35. The van der Waals surface area contributed by atoms with E-state index in [1.807, 2.05) is 60.7 Å². The van der Waals surface area contributed by atoms with Crippen LogP contribution in [0.4, 0.5) is 23.3 Å². The standard InChI is InChI=1S/C42H44N14O5/c1-22-15-24(7-14-34(22)60-21-35(57)44-26-3-2-4-26)40-49-42(56-54-40)46-28-9-13-32-30(17-28)37(52-51-32)38-33(19-61-38)47-36(58)20-59-29-10-5-23(6-11-29)39-48-41(55-53-39)45-27-8-12-31-25(16-27)18-43-50-31/h5,7-10,12-14,16-18,22,26,33,38H,2-4,6,11,15,19-21H2,1H3,(H,43,50)(H,44,57)(H,47,58)(H,51,52)(H2,45,48,53,55)(H2,46,49,54,56). The van der Waals surface area contributed by atoms with Gasteiger partial charge >= 0.3 is 0 Å².